The monoisotopic (exact) mass is 556 g/mol. The van der Waals surface area contributed by atoms with Gasteiger partial charge in [-0.15, -0.1) is 6.58 Å². The summed E-state index contributed by atoms with van der Waals surface area (Å²) in [5, 5.41) is 9.84. The van der Waals surface area contributed by atoms with Crippen LogP contribution in [0.4, 0.5) is 0 Å². The van der Waals surface area contributed by atoms with Gasteiger partial charge in [0.05, 0.1) is 0 Å². The molecule has 0 unspecified atom stereocenters. The van der Waals surface area contributed by atoms with Crippen LogP contribution in [0.1, 0.15) is 117 Å². The summed E-state index contributed by atoms with van der Waals surface area (Å²) in [5.74, 6) is -0.653. The Morgan fingerprint density at radius 3 is 1.74 bits per heavy atom. The molecule has 0 spiro atoms. The van der Waals surface area contributed by atoms with Gasteiger partial charge in [-0.3, -0.25) is 9.35 Å². The minimum atomic E-state index is -4.23. The topological polar surface area (TPSA) is 91.7 Å². The number of fused-ring (bicyclic) bond motifs is 1. The molecule has 0 aliphatic heterocycles. The largest absolute Gasteiger partial charge is 1.00 e. The molecule has 2 aromatic rings. The number of carboxylic acids is 1. The SMILES string of the molecule is C=CCc1ccc2ccccc2c1S(=O)(=O)O.CCCCCCCCCCCCCCCCCC(=O)O.[H-].[Na+]. The number of aliphatic carboxylic acids is 1. The first-order valence-electron chi connectivity index (χ1n) is 14.1. The van der Waals surface area contributed by atoms with E-state index in [1.807, 2.05) is 18.2 Å². The Hall–Kier alpha value is -1.18. The average molecular weight is 557 g/mol. The molecule has 0 aliphatic carbocycles. The van der Waals surface area contributed by atoms with Gasteiger partial charge in [0.2, 0.25) is 0 Å². The normalized spacial score (nSPS) is 10.9. The Morgan fingerprint density at radius 2 is 1.29 bits per heavy atom. The fourth-order valence-corrected chi connectivity index (χ4v) is 5.50. The van der Waals surface area contributed by atoms with Crippen LogP contribution in [0.15, 0.2) is 53.9 Å². The molecule has 5 nitrogen and oxygen atoms in total. The summed E-state index contributed by atoms with van der Waals surface area (Å²) in [6.45, 7) is 5.85. The Balaban J connectivity index is 0. The fourth-order valence-electron chi connectivity index (χ4n) is 4.56. The quantitative estimate of drug-likeness (QED) is 0.0922. The van der Waals surface area contributed by atoms with E-state index in [1.165, 1.54) is 83.5 Å². The molecule has 7 heteroatoms. The number of rotatable bonds is 19. The summed E-state index contributed by atoms with van der Waals surface area (Å²) in [4.78, 5) is 10.3. The van der Waals surface area contributed by atoms with Crippen LogP contribution >= 0.6 is 0 Å². The van der Waals surface area contributed by atoms with Gasteiger partial charge in [0.15, 0.2) is 0 Å². The Morgan fingerprint density at radius 1 is 0.816 bits per heavy atom. The number of carbonyl (C=O) groups is 1. The van der Waals surface area contributed by atoms with Gasteiger partial charge in [0.1, 0.15) is 4.90 Å². The maximum atomic E-state index is 11.5. The van der Waals surface area contributed by atoms with Gasteiger partial charge in [0, 0.05) is 11.8 Å². The van der Waals surface area contributed by atoms with Crippen molar-refractivity contribution in [1.29, 1.82) is 0 Å². The predicted molar refractivity (Wildman–Crippen MR) is 156 cm³/mol. The summed E-state index contributed by atoms with van der Waals surface area (Å²) < 4.78 is 32.3. The van der Waals surface area contributed by atoms with E-state index in [4.69, 9.17) is 5.11 Å². The molecule has 38 heavy (non-hydrogen) atoms. The molecular formula is C31H49NaO5S. The standard InChI is InChI=1S/C18H36O2.C13H12O3S.Na.H/c1-2-3-4-5-6-7-8-9-10-11-12-13-14-15-16-17-18(19)20;1-2-5-11-9-8-10-6-3-4-7-12(10)13(11)17(14,15)16;;/h2-17H2,1H3,(H,19,20);2-4,6-9H,1,5H2,(H,14,15,16);;/q;;+1;-1. The van der Waals surface area contributed by atoms with Crippen LogP contribution in [0.5, 0.6) is 0 Å². The van der Waals surface area contributed by atoms with Gasteiger partial charge in [-0.05, 0) is 23.8 Å². The van der Waals surface area contributed by atoms with Crippen LogP contribution in [0.25, 0.3) is 10.8 Å². The molecule has 0 radical (unpaired) electrons. The van der Waals surface area contributed by atoms with Crippen LogP contribution in [0.2, 0.25) is 0 Å². The zero-order valence-electron chi connectivity index (χ0n) is 24.8. The second-order valence-corrected chi connectivity index (χ2v) is 11.2. The van der Waals surface area contributed by atoms with Gasteiger partial charge in [-0.1, -0.05) is 139 Å². The van der Waals surface area contributed by atoms with Crippen LogP contribution in [0, 0.1) is 0 Å². The number of hydrogen-bond donors (Lipinski definition) is 2. The zero-order valence-corrected chi connectivity index (χ0v) is 26.6. The summed E-state index contributed by atoms with van der Waals surface area (Å²) >= 11 is 0. The molecule has 2 rings (SSSR count). The molecule has 0 aromatic heterocycles. The van der Waals surface area contributed by atoms with Crippen molar-refractivity contribution in [1.82, 2.24) is 0 Å². The average Bonchev–Trinajstić information content (AvgIpc) is 2.86. The molecule has 0 heterocycles. The summed E-state index contributed by atoms with van der Waals surface area (Å²) in [6.07, 6.45) is 22.2. The van der Waals surface area contributed by atoms with Crippen molar-refractivity contribution in [3.8, 4) is 0 Å². The molecule has 0 amide bonds. The minimum absolute atomic E-state index is 0. The number of hydrogen-bond acceptors (Lipinski definition) is 3. The molecule has 2 aromatic carbocycles. The molecule has 0 bridgehead atoms. The molecule has 0 atom stereocenters. The first kappa shape index (κ1) is 36.8. The molecule has 2 N–H and O–H groups in total. The molecule has 0 fully saturated rings. The van der Waals surface area contributed by atoms with Crippen molar-refractivity contribution < 1.29 is 53.9 Å². The Bertz CT molecular complexity index is 1030. The Labute approximate surface area is 255 Å². The van der Waals surface area contributed by atoms with Crippen LogP contribution < -0.4 is 29.6 Å². The molecule has 0 saturated carbocycles. The van der Waals surface area contributed by atoms with E-state index in [1.54, 1.807) is 24.3 Å². The van der Waals surface area contributed by atoms with Crippen LogP contribution in [-0.2, 0) is 21.3 Å². The summed E-state index contributed by atoms with van der Waals surface area (Å²) in [5.41, 5.74) is 0.557. The second kappa shape index (κ2) is 22.6. The number of unbranched alkanes of at least 4 members (excludes halogenated alkanes) is 14. The zero-order chi connectivity index (χ0) is 27.4. The third-order valence-corrected chi connectivity index (χ3v) is 7.58. The van der Waals surface area contributed by atoms with E-state index < -0.39 is 16.1 Å². The van der Waals surface area contributed by atoms with Crippen molar-refractivity contribution in [3.63, 3.8) is 0 Å². The summed E-state index contributed by atoms with van der Waals surface area (Å²) in [6, 6.07) is 10.6. The first-order chi connectivity index (χ1) is 17.8. The van der Waals surface area contributed by atoms with Crippen molar-refractivity contribution in [2.75, 3.05) is 0 Å². The second-order valence-electron chi connectivity index (χ2n) is 9.84. The van der Waals surface area contributed by atoms with Gasteiger partial charge >= 0.3 is 35.5 Å². The fraction of sp³-hybridized carbons (Fsp3) is 0.581. The van der Waals surface area contributed by atoms with Gasteiger partial charge < -0.3 is 6.53 Å². The third-order valence-electron chi connectivity index (χ3n) is 6.58. The van der Waals surface area contributed by atoms with E-state index in [0.29, 0.717) is 23.8 Å². The van der Waals surface area contributed by atoms with Crippen molar-refractivity contribution in [3.05, 3.63) is 54.6 Å². The van der Waals surface area contributed by atoms with E-state index >= 15 is 0 Å². The van der Waals surface area contributed by atoms with E-state index in [9.17, 15) is 17.8 Å². The third kappa shape index (κ3) is 16.7. The predicted octanol–water partition coefficient (Wildman–Crippen LogP) is 6.26. The number of carboxylic acid groups (broad SMARTS) is 1. The summed E-state index contributed by atoms with van der Waals surface area (Å²) in [7, 11) is -4.23. The smallest absolute Gasteiger partial charge is 1.00 e. The van der Waals surface area contributed by atoms with Crippen LogP contribution in [0.3, 0.4) is 0 Å². The maximum absolute atomic E-state index is 11.5. The Kier molecular flexibility index (Phi) is 21.9. The first-order valence-corrected chi connectivity index (χ1v) is 15.6. The van der Waals surface area contributed by atoms with Crippen molar-refractivity contribution in [2.24, 2.45) is 0 Å². The van der Waals surface area contributed by atoms with E-state index in [-0.39, 0.29) is 35.9 Å². The molecule has 210 valence electrons. The van der Waals surface area contributed by atoms with Gasteiger partial charge in [-0.2, -0.15) is 8.42 Å². The molecular weight excluding hydrogens is 507 g/mol. The molecule has 0 aliphatic rings. The number of allylic oxidation sites excluding steroid dienone is 1. The van der Waals surface area contributed by atoms with Gasteiger partial charge in [0.25, 0.3) is 10.1 Å². The molecule has 0 saturated heterocycles. The van der Waals surface area contributed by atoms with Gasteiger partial charge in [-0.25, -0.2) is 0 Å². The van der Waals surface area contributed by atoms with E-state index in [0.717, 1.165) is 18.2 Å². The maximum Gasteiger partial charge on any atom is 1.00 e. The van der Waals surface area contributed by atoms with Crippen molar-refractivity contribution >= 4 is 26.9 Å². The minimum Gasteiger partial charge on any atom is -1.00 e. The number of benzene rings is 2. The van der Waals surface area contributed by atoms with E-state index in [2.05, 4.69) is 13.5 Å². The van der Waals surface area contributed by atoms with Crippen molar-refractivity contribution in [2.45, 2.75) is 121 Å². The van der Waals surface area contributed by atoms with Crippen LogP contribution in [-0.4, -0.2) is 24.0 Å².